The molecule has 0 aliphatic rings. The summed E-state index contributed by atoms with van der Waals surface area (Å²) in [6, 6.07) is 1.76. The first-order valence-corrected chi connectivity index (χ1v) is 7.27. The van der Waals surface area contributed by atoms with Gasteiger partial charge in [0.1, 0.15) is 11.6 Å². The van der Waals surface area contributed by atoms with Gasteiger partial charge in [0, 0.05) is 19.0 Å². The summed E-state index contributed by atoms with van der Waals surface area (Å²) in [6.45, 7) is 6.83. The van der Waals surface area contributed by atoms with Crippen LogP contribution in [0, 0.1) is 18.8 Å². The van der Waals surface area contributed by atoms with Crippen molar-refractivity contribution < 1.29 is 14.6 Å². The van der Waals surface area contributed by atoms with Gasteiger partial charge >= 0.3 is 5.97 Å². The summed E-state index contributed by atoms with van der Waals surface area (Å²) < 4.78 is 5.11. The van der Waals surface area contributed by atoms with Gasteiger partial charge in [0.05, 0.1) is 7.11 Å². The molecule has 118 valence electrons. The number of aliphatic carboxylic acids is 1. The Bertz CT molecular complexity index is 463. The van der Waals surface area contributed by atoms with Crippen molar-refractivity contribution in [2.45, 2.75) is 40.0 Å². The molecule has 0 radical (unpaired) electrons. The number of carboxylic acids is 1. The van der Waals surface area contributed by atoms with Gasteiger partial charge in [0.15, 0.2) is 0 Å². The number of aromatic nitrogens is 2. The number of anilines is 1. The third kappa shape index (κ3) is 6.42. The number of hydrogen-bond acceptors (Lipinski definition) is 5. The second-order valence-corrected chi connectivity index (χ2v) is 5.49. The molecular formula is C15H25N3O3. The van der Waals surface area contributed by atoms with Crippen molar-refractivity contribution in [3.05, 3.63) is 11.9 Å². The summed E-state index contributed by atoms with van der Waals surface area (Å²) in [4.78, 5) is 19.1. The number of rotatable bonds is 9. The highest BCUT2D eigenvalue weighted by Gasteiger charge is 2.14. The van der Waals surface area contributed by atoms with Crippen molar-refractivity contribution in [2.24, 2.45) is 11.8 Å². The van der Waals surface area contributed by atoms with Gasteiger partial charge in [-0.15, -0.1) is 0 Å². The van der Waals surface area contributed by atoms with Crippen LogP contribution < -0.4 is 10.1 Å². The molecule has 1 rings (SSSR count). The van der Waals surface area contributed by atoms with Gasteiger partial charge in [-0.25, -0.2) is 4.98 Å². The molecule has 0 saturated carbocycles. The van der Waals surface area contributed by atoms with E-state index in [0.29, 0.717) is 30.0 Å². The lowest BCUT2D eigenvalue weighted by Gasteiger charge is -2.20. The molecule has 2 N–H and O–H groups in total. The molecule has 0 aromatic carbocycles. The number of carbonyl (C=O) groups is 1. The van der Waals surface area contributed by atoms with Crippen molar-refractivity contribution in [1.29, 1.82) is 0 Å². The summed E-state index contributed by atoms with van der Waals surface area (Å²) in [5.41, 5.74) is 0. The molecule has 0 saturated heterocycles. The van der Waals surface area contributed by atoms with Gasteiger partial charge in [0.25, 0.3) is 0 Å². The molecule has 0 fully saturated rings. The van der Waals surface area contributed by atoms with Gasteiger partial charge in [-0.3, -0.25) is 4.79 Å². The lowest BCUT2D eigenvalue weighted by molar-refractivity contribution is -0.137. The molecule has 1 aromatic heterocycles. The van der Waals surface area contributed by atoms with E-state index >= 15 is 0 Å². The average Bonchev–Trinajstić information content (AvgIpc) is 2.41. The van der Waals surface area contributed by atoms with E-state index in [2.05, 4.69) is 29.1 Å². The third-order valence-corrected chi connectivity index (χ3v) is 3.52. The molecule has 0 aliphatic carbocycles. The maximum absolute atomic E-state index is 10.7. The zero-order valence-electron chi connectivity index (χ0n) is 13.2. The third-order valence-electron chi connectivity index (χ3n) is 3.52. The number of carboxylic acid groups (broad SMARTS) is 1. The minimum atomic E-state index is -0.732. The molecule has 1 atom stereocenters. The monoisotopic (exact) mass is 295 g/mol. The fraction of sp³-hybridized carbons (Fsp3) is 0.667. The summed E-state index contributed by atoms with van der Waals surface area (Å²) >= 11 is 0. The highest BCUT2D eigenvalue weighted by Crippen LogP contribution is 2.21. The quantitative estimate of drug-likeness (QED) is 0.728. The highest BCUT2D eigenvalue weighted by atomic mass is 16.5. The fourth-order valence-electron chi connectivity index (χ4n) is 2.24. The Morgan fingerprint density at radius 3 is 2.67 bits per heavy atom. The fourth-order valence-corrected chi connectivity index (χ4v) is 2.24. The Morgan fingerprint density at radius 1 is 1.38 bits per heavy atom. The van der Waals surface area contributed by atoms with E-state index in [1.165, 1.54) is 0 Å². The smallest absolute Gasteiger partial charge is 0.303 e. The average molecular weight is 295 g/mol. The lowest BCUT2D eigenvalue weighted by atomic mass is 9.88. The predicted octanol–water partition coefficient (Wildman–Crippen LogP) is 2.73. The molecule has 0 spiro atoms. The first kappa shape index (κ1) is 17.2. The first-order valence-electron chi connectivity index (χ1n) is 7.27. The van der Waals surface area contributed by atoms with Crippen molar-refractivity contribution in [3.8, 4) is 5.88 Å². The molecular weight excluding hydrogens is 270 g/mol. The molecule has 6 nitrogen and oxygen atoms in total. The van der Waals surface area contributed by atoms with Gasteiger partial charge < -0.3 is 15.2 Å². The zero-order valence-corrected chi connectivity index (χ0v) is 13.2. The van der Waals surface area contributed by atoms with Crippen molar-refractivity contribution in [3.63, 3.8) is 0 Å². The maximum Gasteiger partial charge on any atom is 0.303 e. The molecule has 1 heterocycles. The van der Waals surface area contributed by atoms with Gasteiger partial charge in [-0.05, 0) is 31.6 Å². The Kier molecular flexibility index (Phi) is 6.91. The van der Waals surface area contributed by atoms with Crippen LogP contribution in [0.5, 0.6) is 5.88 Å². The SMILES string of the molecule is COc1cc(NCCC(CCC(=O)O)C(C)C)nc(C)n1. The number of hydrogen-bond donors (Lipinski definition) is 2. The van der Waals surface area contributed by atoms with Gasteiger partial charge in [-0.2, -0.15) is 4.98 Å². The summed E-state index contributed by atoms with van der Waals surface area (Å²) in [7, 11) is 1.58. The van der Waals surface area contributed by atoms with E-state index in [-0.39, 0.29) is 6.42 Å². The van der Waals surface area contributed by atoms with Crippen LogP contribution in [0.15, 0.2) is 6.07 Å². The summed E-state index contributed by atoms with van der Waals surface area (Å²) in [5, 5.41) is 12.0. The molecule has 6 heteroatoms. The van der Waals surface area contributed by atoms with Crippen LogP contribution in [0.4, 0.5) is 5.82 Å². The Balaban J connectivity index is 2.49. The number of aryl methyl sites for hydroxylation is 1. The maximum atomic E-state index is 10.7. The molecule has 0 amide bonds. The number of nitrogens with zero attached hydrogens (tertiary/aromatic N) is 2. The zero-order chi connectivity index (χ0) is 15.8. The first-order chi connectivity index (χ1) is 9.92. The minimum Gasteiger partial charge on any atom is -0.481 e. The summed E-state index contributed by atoms with van der Waals surface area (Å²) in [5.74, 6) is 2.05. The number of nitrogens with one attached hydrogen (secondary N) is 1. The molecule has 21 heavy (non-hydrogen) atoms. The molecule has 0 aliphatic heterocycles. The van der Waals surface area contributed by atoms with Crippen LogP contribution in [0.2, 0.25) is 0 Å². The van der Waals surface area contributed by atoms with E-state index in [9.17, 15) is 4.79 Å². The van der Waals surface area contributed by atoms with Crippen LogP contribution in [-0.2, 0) is 4.79 Å². The second-order valence-electron chi connectivity index (χ2n) is 5.49. The predicted molar refractivity (Wildman–Crippen MR) is 81.6 cm³/mol. The van der Waals surface area contributed by atoms with Crippen LogP contribution in [-0.4, -0.2) is 34.7 Å². The van der Waals surface area contributed by atoms with Crippen LogP contribution in [0.3, 0.4) is 0 Å². The van der Waals surface area contributed by atoms with E-state index in [0.717, 1.165) is 18.8 Å². The van der Waals surface area contributed by atoms with E-state index in [1.807, 2.05) is 6.92 Å². The van der Waals surface area contributed by atoms with Gasteiger partial charge in [0.2, 0.25) is 5.88 Å². The second kappa shape index (κ2) is 8.44. The molecule has 0 bridgehead atoms. The van der Waals surface area contributed by atoms with Crippen LogP contribution >= 0.6 is 0 Å². The van der Waals surface area contributed by atoms with Crippen LogP contribution in [0.25, 0.3) is 0 Å². The van der Waals surface area contributed by atoms with E-state index in [4.69, 9.17) is 9.84 Å². The number of methoxy groups -OCH3 is 1. The van der Waals surface area contributed by atoms with Crippen LogP contribution in [0.1, 0.15) is 38.9 Å². The topological polar surface area (TPSA) is 84.3 Å². The Labute approximate surface area is 126 Å². The van der Waals surface area contributed by atoms with E-state index < -0.39 is 5.97 Å². The van der Waals surface area contributed by atoms with Crippen molar-refractivity contribution in [2.75, 3.05) is 19.0 Å². The van der Waals surface area contributed by atoms with Gasteiger partial charge in [-0.1, -0.05) is 13.8 Å². The minimum absolute atomic E-state index is 0.225. The largest absolute Gasteiger partial charge is 0.481 e. The molecule has 1 unspecified atom stereocenters. The van der Waals surface area contributed by atoms with E-state index in [1.54, 1.807) is 13.2 Å². The Hall–Kier alpha value is -1.85. The van der Waals surface area contributed by atoms with Crippen molar-refractivity contribution >= 4 is 11.8 Å². The number of ether oxygens (including phenoxy) is 1. The highest BCUT2D eigenvalue weighted by molar-refractivity contribution is 5.66. The molecule has 1 aromatic rings. The Morgan fingerprint density at radius 2 is 2.10 bits per heavy atom. The summed E-state index contributed by atoms with van der Waals surface area (Å²) in [6.07, 6.45) is 1.85. The lowest BCUT2D eigenvalue weighted by Crippen LogP contribution is -2.16. The standard InChI is InChI=1S/C15H25N3O3/c1-10(2)12(5-6-15(19)20)7-8-16-13-9-14(21-4)18-11(3)17-13/h9-10,12H,5-8H2,1-4H3,(H,19,20)(H,16,17,18). The van der Waals surface area contributed by atoms with Crippen molar-refractivity contribution in [1.82, 2.24) is 9.97 Å². The normalized spacial score (nSPS) is 12.2.